The van der Waals surface area contributed by atoms with Gasteiger partial charge in [-0.25, -0.2) is 9.67 Å². The molecular weight excluding hydrogens is 376 g/mol. The van der Waals surface area contributed by atoms with Crippen LogP contribution in [0.4, 0.5) is 5.69 Å². The fourth-order valence-electron chi connectivity index (χ4n) is 3.21. The number of anilines is 1. The van der Waals surface area contributed by atoms with Gasteiger partial charge in [0.1, 0.15) is 5.75 Å². The zero-order valence-corrected chi connectivity index (χ0v) is 17.1. The molecule has 1 amide bonds. The highest BCUT2D eigenvalue weighted by Gasteiger charge is 2.20. The fourth-order valence-corrected chi connectivity index (χ4v) is 3.21. The first kappa shape index (κ1) is 19.4. The molecule has 0 radical (unpaired) electrons. The van der Waals surface area contributed by atoms with E-state index in [9.17, 15) is 4.79 Å². The van der Waals surface area contributed by atoms with Crippen molar-refractivity contribution < 1.29 is 9.53 Å². The first-order chi connectivity index (χ1) is 14.5. The Morgan fingerprint density at radius 1 is 0.967 bits per heavy atom. The maximum atomic E-state index is 12.9. The highest BCUT2D eigenvalue weighted by atomic mass is 16.5. The molecule has 6 nitrogen and oxygen atoms in total. The second-order valence-corrected chi connectivity index (χ2v) is 7.01. The largest absolute Gasteiger partial charge is 0.497 e. The van der Waals surface area contributed by atoms with Gasteiger partial charge >= 0.3 is 0 Å². The zero-order chi connectivity index (χ0) is 21.1. The maximum absolute atomic E-state index is 12.9. The second-order valence-electron chi connectivity index (χ2n) is 7.01. The van der Waals surface area contributed by atoms with Crippen LogP contribution in [0.15, 0.2) is 72.8 Å². The molecule has 1 aromatic heterocycles. The second kappa shape index (κ2) is 8.21. The summed E-state index contributed by atoms with van der Waals surface area (Å²) in [5.74, 6) is 1.07. The molecular formula is C24H22N4O2. The average molecular weight is 398 g/mol. The summed E-state index contributed by atoms with van der Waals surface area (Å²) in [6.07, 6.45) is 0. The molecule has 1 heterocycles. The first-order valence-electron chi connectivity index (χ1n) is 9.60. The molecule has 0 unspecified atom stereocenters. The average Bonchev–Trinajstić information content (AvgIpc) is 3.20. The molecule has 0 saturated heterocycles. The third kappa shape index (κ3) is 3.93. The van der Waals surface area contributed by atoms with E-state index in [-0.39, 0.29) is 11.7 Å². The van der Waals surface area contributed by atoms with Crippen LogP contribution in [0.5, 0.6) is 5.75 Å². The number of hydrogen-bond donors (Lipinski definition) is 1. The molecule has 0 aliphatic rings. The van der Waals surface area contributed by atoms with E-state index in [0.717, 1.165) is 28.1 Å². The molecule has 6 heteroatoms. The van der Waals surface area contributed by atoms with Crippen molar-refractivity contribution in [2.45, 2.75) is 13.8 Å². The number of ether oxygens (including phenoxy) is 1. The maximum Gasteiger partial charge on any atom is 0.295 e. The zero-order valence-electron chi connectivity index (χ0n) is 17.1. The van der Waals surface area contributed by atoms with E-state index < -0.39 is 0 Å². The van der Waals surface area contributed by atoms with Crippen LogP contribution in [0.2, 0.25) is 0 Å². The Labute approximate surface area is 175 Å². The van der Waals surface area contributed by atoms with Gasteiger partial charge in [-0.1, -0.05) is 42.0 Å². The van der Waals surface area contributed by atoms with Crippen molar-refractivity contribution in [3.05, 3.63) is 89.7 Å². The number of hydrogen-bond acceptors (Lipinski definition) is 4. The molecule has 4 rings (SSSR count). The number of methoxy groups -OCH3 is 1. The van der Waals surface area contributed by atoms with Gasteiger partial charge in [-0.15, -0.1) is 5.10 Å². The van der Waals surface area contributed by atoms with Crippen LogP contribution in [0.1, 0.15) is 21.7 Å². The Hall–Kier alpha value is -3.93. The van der Waals surface area contributed by atoms with Crippen LogP contribution in [0.25, 0.3) is 17.1 Å². The number of benzene rings is 3. The minimum Gasteiger partial charge on any atom is -0.497 e. The SMILES string of the molecule is COc1ccc(NC(=O)c2nc(-c3cccc(C)c3)n(-c3ccccc3C)n2)cc1. The van der Waals surface area contributed by atoms with E-state index in [1.54, 1.807) is 36.1 Å². The first-order valence-corrected chi connectivity index (χ1v) is 9.60. The summed E-state index contributed by atoms with van der Waals surface area (Å²) in [5, 5.41) is 7.39. The van der Waals surface area contributed by atoms with E-state index in [0.29, 0.717) is 11.5 Å². The lowest BCUT2D eigenvalue weighted by Gasteiger charge is -2.09. The molecule has 3 aromatic carbocycles. The summed E-state index contributed by atoms with van der Waals surface area (Å²) in [5.41, 5.74) is 4.57. The third-order valence-corrected chi connectivity index (χ3v) is 4.78. The van der Waals surface area contributed by atoms with E-state index in [2.05, 4.69) is 15.4 Å². The van der Waals surface area contributed by atoms with Gasteiger partial charge in [0.15, 0.2) is 5.82 Å². The number of nitrogens with one attached hydrogen (secondary N) is 1. The standard InChI is InChI=1S/C24H22N4O2/c1-16-7-6-9-18(15-16)23-26-22(27-28(23)21-10-5-4-8-17(21)2)24(29)25-19-11-13-20(30-3)14-12-19/h4-15H,1-3H3,(H,25,29). The van der Waals surface area contributed by atoms with Crippen molar-refractivity contribution in [1.29, 1.82) is 0 Å². The fraction of sp³-hybridized carbons (Fsp3) is 0.125. The van der Waals surface area contributed by atoms with E-state index in [4.69, 9.17) is 4.74 Å². The molecule has 0 bridgehead atoms. The predicted octanol–water partition coefficient (Wildman–Crippen LogP) is 4.81. The van der Waals surface area contributed by atoms with Crippen LogP contribution >= 0.6 is 0 Å². The number of para-hydroxylation sites is 1. The normalized spacial score (nSPS) is 10.6. The number of aromatic nitrogens is 3. The Morgan fingerprint density at radius 2 is 1.73 bits per heavy atom. The van der Waals surface area contributed by atoms with Gasteiger partial charge in [-0.2, -0.15) is 0 Å². The van der Waals surface area contributed by atoms with Gasteiger partial charge in [0, 0.05) is 11.3 Å². The summed E-state index contributed by atoms with van der Waals surface area (Å²) in [6.45, 7) is 4.03. The van der Waals surface area contributed by atoms with Crippen LogP contribution in [-0.4, -0.2) is 27.8 Å². The summed E-state index contributed by atoms with van der Waals surface area (Å²) in [7, 11) is 1.60. The highest BCUT2D eigenvalue weighted by Crippen LogP contribution is 2.24. The van der Waals surface area contributed by atoms with Gasteiger partial charge in [0.05, 0.1) is 12.8 Å². The Balaban J connectivity index is 1.74. The number of aryl methyl sites for hydroxylation is 2. The van der Waals surface area contributed by atoms with Gasteiger partial charge in [0.25, 0.3) is 5.91 Å². The number of carbonyl (C=O) groups excluding carboxylic acids is 1. The third-order valence-electron chi connectivity index (χ3n) is 4.78. The van der Waals surface area contributed by atoms with Gasteiger partial charge in [0.2, 0.25) is 5.82 Å². The predicted molar refractivity (Wildman–Crippen MR) is 117 cm³/mol. The number of rotatable bonds is 5. The smallest absolute Gasteiger partial charge is 0.295 e. The molecule has 1 N–H and O–H groups in total. The Kier molecular flexibility index (Phi) is 5.30. The number of nitrogens with zero attached hydrogens (tertiary/aromatic N) is 3. The molecule has 30 heavy (non-hydrogen) atoms. The summed E-state index contributed by atoms with van der Waals surface area (Å²) < 4.78 is 6.89. The van der Waals surface area contributed by atoms with Gasteiger partial charge in [-0.05, 0) is 55.8 Å². The van der Waals surface area contributed by atoms with Crippen LogP contribution in [-0.2, 0) is 0 Å². The topological polar surface area (TPSA) is 69.0 Å². The van der Waals surface area contributed by atoms with E-state index in [1.807, 2.05) is 62.4 Å². The Bertz CT molecular complexity index is 1200. The molecule has 0 aliphatic carbocycles. The summed E-state index contributed by atoms with van der Waals surface area (Å²) in [4.78, 5) is 17.5. The molecule has 0 saturated carbocycles. The molecule has 0 atom stereocenters. The lowest BCUT2D eigenvalue weighted by Crippen LogP contribution is -2.14. The lowest BCUT2D eigenvalue weighted by molar-refractivity contribution is 0.101. The number of carbonyl (C=O) groups is 1. The summed E-state index contributed by atoms with van der Waals surface area (Å²) in [6, 6.07) is 23.0. The van der Waals surface area contributed by atoms with E-state index in [1.165, 1.54) is 0 Å². The van der Waals surface area contributed by atoms with Crippen molar-refractivity contribution in [3.63, 3.8) is 0 Å². The van der Waals surface area contributed by atoms with Gasteiger partial charge < -0.3 is 10.1 Å². The van der Waals surface area contributed by atoms with Crippen molar-refractivity contribution in [2.75, 3.05) is 12.4 Å². The van der Waals surface area contributed by atoms with Crippen molar-refractivity contribution in [2.24, 2.45) is 0 Å². The van der Waals surface area contributed by atoms with E-state index >= 15 is 0 Å². The monoisotopic (exact) mass is 398 g/mol. The molecule has 0 aliphatic heterocycles. The summed E-state index contributed by atoms with van der Waals surface area (Å²) >= 11 is 0. The quantitative estimate of drug-likeness (QED) is 0.524. The Morgan fingerprint density at radius 3 is 2.43 bits per heavy atom. The minimum absolute atomic E-state index is 0.102. The molecule has 0 spiro atoms. The van der Waals surface area contributed by atoms with Crippen LogP contribution in [0.3, 0.4) is 0 Å². The lowest BCUT2D eigenvalue weighted by atomic mass is 10.1. The van der Waals surface area contributed by atoms with Crippen molar-refractivity contribution in [3.8, 4) is 22.8 Å². The minimum atomic E-state index is -0.374. The number of amides is 1. The van der Waals surface area contributed by atoms with Crippen LogP contribution < -0.4 is 10.1 Å². The van der Waals surface area contributed by atoms with Crippen LogP contribution in [0, 0.1) is 13.8 Å². The van der Waals surface area contributed by atoms with Gasteiger partial charge in [-0.3, -0.25) is 4.79 Å². The molecule has 4 aromatic rings. The molecule has 0 fully saturated rings. The van der Waals surface area contributed by atoms with Crippen molar-refractivity contribution >= 4 is 11.6 Å². The molecule has 150 valence electrons. The highest BCUT2D eigenvalue weighted by molar-refractivity contribution is 6.01. The van der Waals surface area contributed by atoms with Crippen molar-refractivity contribution in [1.82, 2.24) is 14.8 Å².